The number of alkyl halides is 3. The van der Waals surface area contributed by atoms with E-state index in [9.17, 15) is 18.3 Å². The van der Waals surface area contributed by atoms with Crippen molar-refractivity contribution in [2.45, 2.75) is 77.0 Å². The van der Waals surface area contributed by atoms with Gasteiger partial charge >= 0.3 is 6.18 Å². The van der Waals surface area contributed by atoms with Crippen LogP contribution >= 0.6 is 0 Å². The molecule has 0 saturated heterocycles. The van der Waals surface area contributed by atoms with Crippen LogP contribution in [0, 0.1) is 23.7 Å². The van der Waals surface area contributed by atoms with Crippen LogP contribution in [-0.2, 0) is 0 Å². The summed E-state index contributed by atoms with van der Waals surface area (Å²) in [6.45, 7) is 2.17. The van der Waals surface area contributed by atoms with Gasteiger partial charge in [-0.15, -0.1) is 0 Å². The molecule has 0 aromatic carbocycles. The molecule has 118 valence electrons. The van der Waals surface area contributed by atoms with E-state index < -0.39 is 18.2 Å². The highest BCUT2D eigenvalue weighted by Gasteiger charge is 2.44. The Morgan fingerprint density at radius 1 is 1.00 bits per heavy atom. The molecular formula is C16H27F3O. The van der Waals surface area contributed by atoms with Gasteiger partial charge in [-0.3, -0.25) is 0 Å². The summed E-state index contributed by atoms with van der Waals surface area (Å²) in [5.74, 6) is -0.450. The first-order chi connectivity index (χ1) is 9.41. The van der Waals surface area contributed by atoms with Gasteiger partial charge in [-0.25, -0.2) is 0 Å². The van der Waals surface area contributed by atoms with E-state index in [0.717, 1.165) is 32.1 Å². The molecule has 0 radical (unpaired) electrons. The Labute approximate surface area is 119 Å². The van der Waals surface area contributed by atoms with E-state index in [0.29, 0.717) is 12.3 Å². The molecule has 0 heterocycles. The fraction of sp³-hybridized carbons (Fsp3) is 1.00. The molecular weight excluding hydrogens is 265 g/mol. The fourth-order valence-corrected chi connectivity index (χ4v) is 4.23. The van der Waals surface area contributed by atoms with E-state index in [1.165, 1.54) is 6.42 Å². The zero-order valence-electron chi connectivity index (χ0n) is 12.3. The zero-order chi connectivity index (χ0) is 14.8. The summed E-state index contributed by atoms with van der Waals surface area (Å²) < 4.78 is 38.6. The molecule has 5 atom stereocenters. The first kappa shape index (κ1) is 16.1. The quantitative estimate of drug-likeness (QED) is 0.781. The molecule has 0 aromatic rings. The standard InChI is InChI=1S/C16H27F3O/c1-2-11-5-3-6-12(9-11)15(20)13-7-4-8-14(10-13)16(17,18)19/h11-15,20H,2-10H2,1H3. The first-order valence-electron chi connectivity index (χ1n) is 8.16. The predicted octanol–water partition coefficient (Wildman–Crippen LogP) is 4.93. The molecule has 2 saturated carbocycles. The van der Waals surface area contributed by atoms with E-state index in [-0.39, 0.29) is 24.7 Å². The maximum Gasteiger partial charge on any atom is 0.391 e. The van der Waals surface area contributed by atoms with Crippen LogP contribution in [0.2, 0.25) is 0 Å². The number of rotatable bonds is 3. The molecule has 5 unspecified atom stereocenters. The molecule has 2 aliphatic rings. The lowest BCUT2D eigenvalue weighted by Gasteiger charge is -2.39. The number of hydrogen-bond acceptors (Lipinski definition) is 1. The van der Waals surface area contributed by atoms with Crippen LogP contribution in [0.3, 0.4) is 0 Å². The molecule has 2 rings (SSSR count). The summed E-state index contributed by atoms with van der Waals surface area (Å²) in [6, 6.07) is 0. The van der Waals surface area contributed by atoms with Gasteiger partial charge in [0.1, 0.15) is 0 Å². The van der Waals surface area contributed by atoms with E-state index in [4.69, 9.17) is 0 Å². The van der Waals surface area contributed by atoms with Crippen molar-refractivity contribution in [2.24, 2.45) is 23.7 Å². The van der Waals surface area contributed by atoms with Gasteiger partial charge in [0.2, 0.25) is 0 Å². The lowest BCUT2D eigenvalue weighted by molar-refractivity contribution is -0.190. The van der Waals surface area contributed by atoms with Gasteiger partial charge in [-0.1, -0.05) is 32.6 Å². The van der Waals surface area contributed by atoms with Crippen molar-refractivity contribution in [3.8, 4) is 0 Å². The summed E-state index contributed by atoms with van der Waals surface area (Å²) in [7, 11) is 0. The Bertz CT molecular complexity index is 303. The lowest BCUT2D eigenvalue weighted by atomic mass is 9.70. The van der Waals surface area contributed by atoms with Gasteiger partial charge < -0.3 is 5.11 Å². The minimum atomic E-state index is -4.09. The van der Waals surface area contributed by atoms with Crippen LogP contribution < -0.4 is 0 Å². The summed E-state index contributed by atoms with van der Waals surface area (Å²) in [5.41, 5.74) is 0. The Balaban J connectivity index is 1.92. The SMILES string of the molecule is CCC1CCCC(C(O)C2CCCC(C(F)(F)F)C2)C1. The average Bonchev–Trinajstić information content (AvgIpc) is 2.46. The predicted molar refractivity (Wildman–Crippen MR) is 73.2 cm³/mol. The summed E-state index contributed by atoms with van der Waals surface area (Å²) in [6.07, 6.45) is 2.61. The van der Waals surface area contributed by atoms with Crippen LogP contribution in [0.25, 0.3) is 0 Å². The zero-order valence-corrected chi connectivity index (χ0v) is 12.3. The third-order valence-corrected chi connectivity index (χ3v) is 5.54. The number of hydrogen-bond donors (Lipinski definition) is 1. The molecule has 0 aromatic heterocycles. The monoisotopic (exact) mass is 292 g/mol. The fourth-order valence-electron chi connectivity index (χ4n) is 4.23. The molecule has 1 nitrogen and oxygen atoms in total. The van der Waals surface area contributed by atoms with Crippen LogP contribution in [0.4, 0.5) is 13.2 Å². The van der Waals surface area contributed by atoms with Gasteiger partial charge in [-0.2, -0.15) is 13.2 Å². The number of aliphatic hydroxyl groups is 1. The third kappa shape index (κ3) is 3.90. The van der Waals surface area contributed by atoms with Crippen molar-refractivity contribution in [1.82, 2.24) is 0 Å². The first-order valence-corrected chi connectivity index (χ1v) is 8.16. The minimum absolute atomic E-state index is 0.137. The average molecular weight is 292 g/mol. The van der Waals surface area contributed by atoms with Gasteiger partial charge in [0.05, 0.1) is 12.0 Å². The van der Waals surface area contributed by atoms with Crippen LogP contribution in [0.5, 0.6) is 0 Å². The Hall–Kier alpha value is -0.250. The second-order valence-corrected chi connectivity index (χ2v) is 6.86. The summed E-state index contributed by atoms with van der Waals surface area (Å²) >= 11 is 0. The molecule has 20 heavy (non-hydrogen) atoms. The van der Waals surface area contributed by atoms with Crippen LogP contribution in [0.1, 0.15) is 64.7 Å². The van der Waals surface area contributed by atoms with E-state index in [1.54, 1.807) is 0 Å². The second kappa shape index (κ2) is 6.67. The topological polar surface area (TPSA) is 20.2 Å². The lowest BCUT2D eigenvalue weighted by Crippen LogP contribution is -2.38. The number of aliphatic hydroxyl groups excluding tert-OH is 1. The minimum Gasteiger partial charge on any atom is -0.393 e. The third-order valence-electron chi connectivity index (χ3n) is 5.54. The van der Waals surface area contributed by atoms with E-state index in [2.05, 4.69) is 6.92 Å². The maximum absolute atomic E-state index is 12.9. The highest BCUT2D eigenvalue weighted by molar-refractivity contribution is 4.87. The van der Waals surface area contributed by atoms with Crippen molar-refractivity contribution in [3.63, 3.8) is 0 Å². The molecule has 0 aliphatic heterocycles. The normalized spacial score (nSPS) is 37.6. The highest BCUT2D eigenvalue weighted by atomic mass is 19.4. The molecule has 2 aliphatic carbocycles. The van der Waals surface area contributed by atoms with Crippen LogP contribution in [-0.4, -0.2) is 17.4 Å². The van der Waals surface area contributed by atoms with Gasteiger partial charge in [0, 0.05) is 0 Å². The molecule has 0 spiro atoms. The Morgan fingerprint density at radius 2 is 1.60 bits per heavy atom. The Kier molecular flexibility index (Phi) is 5.38. The number of halogens is 3. The summed E-state index contributed by atoms with van der Waals surface area (Å²) in [4.78, 5) is 0. The molecule has 4 heteroatoms. The van der Waals surface area contributed by atoms with Gasteiger partial charge in [0.15, 0.2) is 0 Å². The molecule has 0 amide bonds. The van der Waals surface area contributed by atoms with Crippen molar-refractivity contribution in [2.75, 3.05) is 0 Å². The van der Waals surface area contributed by atoms with Crippen molar-refractivity contribution in [1.29, 1.82) is 0 Å². The van der Waals surface area contributed by atoms with E-state index in [1.807, 2.05) is 0 Å². The second-order valence-electron chi connectivity index (χ2n) is 6.86. The van der Waals surface area contributed by atoms with Crippen LogP contribution in [0.15, 0.2) is 0 Å². The maximum atomic E-state index is 12.9. The van der Waals surface area contributed by atoms with Crippen molar-refractivity contribution in [3.05, 3.63) is 0 Å². The highest BCUT2D eigenvalue weighted by Crippen LogP contribution is 2.44. The van der Waals surface area contributed by atoms with E-state index >= 15 is 0 Å². The van der Waals surface area contributed by atoms with Crippen molar-refractivity contribution < 1.29 is 18.3 Å². The van der Waals surface area contributed by atoms with Gasteiger partial charge in [-0.05, 0) is 49.9 Å². The summed E-state index contributed by atoms with van der Waals surface area (Å²) in [5, 5.41) is 10.5. The van der Waals surface area contributed by atoms with Crippen molar-refractivity contribution >= 4 is 0 Å². The smallest absolute Gasteiger partial charge is 0.391 e. The molecule has 1 N–H and O–H groups in total. The Morgan fingerprint density at radius 3 is 2.20 bits per heavy atom. The largest absolute Gasteiger partial charge is 0.393 e. The molecule has 2 fully saturated rings. The molecule has 0 bridgehead atoms. The van der Waals surface area contributed by atoms with Gasteiger partial charge in [0.25, 0.3) is 0 Å².